The first kappa shape index (κ1) is 15.6. The molecule has 0 unspecified atom stereocenters. The van der Waals surface area contributed by atoms with Crippen LogP contribution in [0.1, 0.15) is 12.8 Å². The second kappa shape index (κ2) is 7.78. The number of rotatable bonds is 6. The molecule has 0 aliphatic carbocycles. The van der Waals surface area contributed by atoms with Gasteiger partial charge in [0.05, 0.1) is 6.54 Å². The zero-order valence-corrected chi connectivity index (χ0v) is 13.0. The van der Waals surface area contributed by atoms with Gasteiger partial charge in [-0.2, -0.15) is 5.10 Å². The molecule has 23 heavy (non-hydrogen) atoms. The minimum Gasteiger partial charge on any atom is -0.492 e. The second-order valence-electron chi connectivity index (χ2n) is 5.52. The van der Waals surface area contributed by atoms with Crippen molar-refractivity contribution in [2.24, 2.45) is 5.92 Å². The minimum atomic E-state index is 0.0353. The van der Waals surface area contributed by atoms with E-state index in [9.17, 15) is 4.79 Å². The molecule has 1 amide bonds. The summed E-state index contributed by atoms with van der Waals surface area (Å²) >= 11 is 0. The fourth-order valence-corrected chi connectivity index (χ4v) is 2.56. The molecule has 0 spiro atoms. The van der Waals surface area contributed by atoms with E-state index in [-0.39, 0.29) is 11.8 Å². The highest BCUT2D eigenvalue weighted by atomic mass is 16.5. The lowest BCUT2D eigenvalue weighted by atomic mass is 9.99. The predicted octanol–water partition coefficient (Wildman–Crippen LogP) is 2.33. The van der Waals surface area contributed by atoms with E-state index in [2.05, 4.69) is 10.4 Å². The molecule has 0 radical (unpaired) electrons. The smallest absolute Gasteiger partial charge is 0.227 e. The molecule has 1 N–H and O–H groups in total. The van der Waals surface area contributed by atoms with Crippen LogP contribution in [0.25, 0.3) is 0 Å². The lowest BCUT2D eigenvalue weighted by Gasteiger charge is -2.21. The van der Waals surface area contributed by atoms with E-state index in [4.69, 9.17) is 9.47 Å². The predicted molar refractivity (Wildman–Crippen MR) is 86.3 cm³/mol. The number of nitrogens with one attached hydrogen (secondary N) is 1. The molecule has 1 aromatic heterocycles. The number of hydrogen-bond acceptors (Lipinski definition) is 4. The Morgan fingerprint density at radius 1 is 1.35 bits per heavy atom. The van der Waals surface area contributed by atoms with Crippen molar-refractivity contribution in [3.63, 3.8) is 0 Å². The summed E-state index contributed by atoms with van der Waals surface area (Å²) < 4.78 is 12.8. The van der Waals surface area contributed by atoms with Gasteiger partial charge in [-0.15, -0.1) is 0 Å². The average Bonchev–Trinajstić information content (AvgIpc) is 3.09. The third-order valence-electron chi connectivity index (χ3n) is 3.84. The number of aromatic nitrogens is 2. The van der Waals surface area contributed by atoms with Gasteiger partial charge in [0.25, 0.3) is 0 Å². The quantitative estimate of drug-likeness (QED) is 0.888. The molecule has 2 aromatic rings. The summed E-state index contributed by atoms with van der Waals surface area (Å²) in [5.74, 6) is 0.831. The van der Waals surface area contributed by atoms with Gasteiger partial charge in [-0.3, -0.25) is 9.48 Å². The van der Waals surface area contributed by atoms with Gasteiger partial charge in [-0.05, 0) is 31.0 Å². The van der Waals surface area contributed by atoms with Crippen LogP contribution in [0.4, 0.5) is 5.69 Å². The molecule has 1 aliphatic heterocycles. The molecule has 1 saturated heterocycles. The molecule has 1 fully saturated rings. The van der Waals surface area contributed by atoms with Crippen LogP contribution in [0.5, 0.6) is 5.75 Å². The molecular weight excluding hydrogens is 294 g/mol. The van der Waals surface area contributed by atoms with E-state index < -0.39 is 0 Å². The highest BCUT2D eigenvalue weighted by Gasteiger charge is 2.21. The third kappa shape index (κ3) is 4.56. The topological polar surface area (TPSA) is 65.4 Å². The van der Waals surface area contributed by atoms with Crippen molar-refractivity contribution in [2.45, 2.75) is 19.4 Å². The van der Waals surface area contributed by atoms with E-state index >= 15 is 0 Å². The Morgan fingerprint density at radius 3 is 3.00 bits per heavy atom. The number of anilines is 1. The van der Waals surface area contributed by atoms with Crippen molar-refractivity contribution < 1.29 is 14.3 Å². The summed E-state index contributed by atoms with van der Waals surface area (Å²) in [6, 6.07) is 9.36. The minimum absolute atomic E-state index is 0.0353. The molecule has 0 atom stereocenters. The molecule has 6 nitrogen and oxygen atoms in total. The first-order valence-corrected chi connectivity index (χ1v) is 7.90. The van der Waals surface area contributed by atoms with Crippen molar-refractivity contribution in [3.8, 4) is 5.75 Å². The summed E-state index contributed by atoms with van der Waals surface area (Å²) in [6.07, 6.45) is 5.21. The summed E-state index contributed by atoms with van der Waals surface area (Å²) in [5, 5.41) is 7.09. The van der Waals surface area contributed by atoms with Gasteiger partial charge in [0.1, 0.15) is 12.4 Å². The number of amides is 1. The molecular formula is C17H21N3O3. The van der Waals surface area contributed by atoms with Gasteiger partial charge in [0, 0.05) is 43.3 Å². The van der Waals surface area contributed by atoms with Crippen LogP contribution in [0, 0.1) is 5.92 Å². The number of ether oxygens (including phenoxy) is 2. The molecule has 0 bridgehead atoms. The van der Waals surface area contributed by atoms with Crippen molar-refractivity contribution in [2.75, 3.05) is 25.1 Å². The summed E-state index contributed by atoms with van der Waals surface area (Å²) in [6.45, 7) is 2.54. The SMILES string of the molecule is O=C(Nc1cccc(OCCn2cccn2)c1)C1CCOCC1. The number of hydrogen-bond donors (Lipinski definition) is 1. The first-order valence-electron chi connectivity index (χ1n) is 7.90. The fourth-order valence-electron chi connectivity index (χ4n) is 2.56. The Bertz CT molecular complexity index is 622. The highest BCUT2D eigenvalue weighted by Crippen LogP contribution is 2.21. The largest absolute Gasteiger partial charge is 0.492 e. The number of nitrogens with zero attached hydrogens (tertiary/aromatic N) is 2. The van der Waals surface area contributed by atoms with Gasteiger partial charge in [-0.25, -0.2) is 0 Å². The summed E-state index contributed by atoms with van der Waals surface area (Å²) in [5.41, 5.74) is 0.762. The second-order valence-corrected chi connectivity index (χ2v) is 5.52. The van der Waals surface area contributed by atoms with Crippen LogP contribution in [0.2, 0.25) is 0 Å². The van der Waals surface area contributed by atoms with Gasteiger partial charge in [0.2, 0.25) is 5.91 Å². The Hall–Kier alpha value is -2.34. The van der Waals surface area contributed by atoms with E-state index in [1.165, 1.54) is 0 Å². The number of benzene rings is 1. The van der Waals surface area contributed by atoms with Crippen molar-refractivity contribution >= 4 is 11.6 Å². The van der Waals surface area contributed by atoms with Gasteiger partial charge < -0.3 is 14.8 Å². The highest BCUT2D eigenvalue weighted by molar-refractivity contribution is 5.92. The van der Waals surface area contributed by atoms with Crippen LogP contribution >= 0.6 is 0 Å². The van der Waals surface area contributed by atoms with E-state index in [1.807, 2.05) is 41.2 Å². The Morgan fingerprint density at radius 2 is 2.22 bits per heavy atom. The first-order chi connectivity index (χ1) is 11.3. The van der Waals surface area contributed by atoms with Crippen LogP contribution in [0.15, 0.2) is 42.7 Å². The number of carbonyl (C=O) groups is 1. The van der Waals surface area contributed by atoms with E-state index in [0.717, 1.165) is 24.3 Å². The Labute approximate surface area is 135 Å². The lowest BCUT2D eigenvalue weighted by molar-refractivity contribution is -0.122. The maximum absolute atomic E-state index is 12.2. The van der Waals surface area contributed by atoms with Gasteiger partial charge in [-0.1, -0.05) is 6.07 Å². The lowest BCUT2D eigenvalue weighted by Crippen LogP contribution is -2.28. The molecule has 1 aromatic carbocycles. The molecule has 3 rings (SSSR count). The molecule has 2 heterocycles. The monoisotopic (exact) mass is 315 g/mol. The zero-order chi connectivity index (χ0) is 15.9. The van der Waals surface area contributed by atoms with Crippen molar-refractivity contribution in [3.05, 3.63) is 42.7 Å². The maximum atomic E-state index is 12.2. The van der Waals surface area contributed by atoms with E-state index in [1.54, 1.807) is 6.20 Å². The normalized spacial score (nSPS) is 15.3. The van der Waals surface area contributed by atoms with Gasteiger partial charge in [0.15, 0.2) is 0 Å². The van der Waals surface area contributed by atoms with Crippen LogP contribution in [-0.4, -0.2) is 35.5 Å². The average molecular weight is 315 g/mol. The Kier molecular flexibility index (Phi) is 5.26. The van der Waals surface area contributed by atoms with Crippen LogP contribution in [0.3, 0.4) is 0 Å². The van der Waals surface area contributed by atoms with Crippen molar-refractivity contribution in [1.82, 2.24) is 9.78 Å². The molecule has 6 heteroatoms. The van der Waals surface area contributed by atoms with Crippen molar-refractivity contribution in [1.29, 1.82) is 0 Å². The standard InChI is InChI=1S/C17H21N3O3/c21-17(14-5-10-22-11-6-14)19-15-3-1-4-16(13-15)23-12-9-20-8-2-7-18-20/h1-4,7-8,13-14H,5-6,9-12H2,(H,19,21). The molecule has 0 saturated carbocycles. The van der Waals surface area contributed by atoms with Crippen LogP contribution < -0.4 is 10.1 Å². The summed E-state index contributed by atoms with van der Waals surface area (Å²) in [4.78, 5) is 12.2. The fraction of sp³-hybridized carbons (Fsp3) is 0.412. The third-order valence-corrected chi connectivity index (χ3v) is 3.84. The molecule has 1 aliphatic rings. The zero-order valence-electron chi connectivity index (χ0n) is 13.0. The van der Waals surface area contributed by atoms with Crippen LogP contribution in [-0.2, 0) is 16.1 Å². The van der Waals surface area contributed by atoms with Gasteiger partial charge >= 0.3 is 0 Å². The van der Waals surface area contributed by atoms with E-state index in [0.29, 0.717) is 26.4 Å². The summed E-state index contributed by atoms with van der Waals surface area (Å²) in [7, 11) is 0. The number of carbonyl (C=O) groups excluding carboxylic acids is 1. The molecule has 122 valence electrons. The Balaban J connectivity index is 1.51. The maximum Gasteiger partial charge on any atom is 0.227 e.